The van der Waals surface area contributed by atoms with E-state index in [9.17, 15) is 13.8 Å². The molecule has 1 aliphatic rings. The molecule has 3 rings (SSSR count). The van der Waals surface area contributed by atoms with E-state index in [-0.39, 0.29) is 30.5 Å². The van der Waals surface area contributed by atoms with Crippen molar-refractivity contribution < 1.29 is 23.3 Å². The third kappa shape index (κ3) is 4.95. The van der Waals surface area contributed by atoms with Crippen molar-refractivity contribution in [1.82, 2.24) is 5.32 Å². The Hall–Kier alpha value is -2.87. The molecule has 7 nitrogen and oxygen atoms in total. The minimum absolute atomic E-state index is 0.0982. The number of hydrogen-bond acceptors (Lipinski definition) is 5. The smallest absolute Gasteiger partial charge is 0.240 e. The zero-order valence-electron chi connectivity index (χ0n) is 16.5. The third-order valence-electron chi connectivity index (χ3n) is 4.69. The average molecular weight is 416 g/mol. The van der Waals surface area contributed by atoms with Crippen LogP contribution in [0.3, 0.4) is 0 Å². The Kier molecular flexibility index (Phi) is 6.87. The second-order valence-electron chi connectivity index (χ2n) is 6.54. The van der Waals surface area contributed by atoms with E-state index < -0.39 is 10.8 Å². The fourth-order valence-electron chi connectivity index (χ4n) is 3.19. The lowest BCUT2D eigenvalue weighted by Crippen LogP contribution is -2.41. The summed E-state index contributed by atoms with van der Waals surface area (Å²) >= 11 is 0. The predicted molar refractivity (Wildman–Crippen MR) is 111 cm³/mol. The Morgan fingerprint density at radius 3 is 2.66 bits per heavy atom. The summed E-state index contributed by atoms with van der Waals surface area (Å²) in [6.45, 7) is 0.322. The van der Waals surface area contributed by atoms with Gasteiger partial charge in [-0.2, -0.15) is 0 Å². The highest BCUT2D eigenvalue weighted by atomic mass is 32.2. The van der Waals surface area contributed by atoms with Crippen LogP contribution in [-0.2, 0) is 26.8 Å². The van der Waals surface area contributed by atoms with Crippen LogP contribution in [0, 0.1) is 0 Å². The number of carbonyl (C=O) groups is 2. The van der Waals surface area contributed by atoms with Crippen LogP contribution in [0.5, 0.6) is 11.5 Å². The van der Waals surface area contributed by atoms with Crippen molar-refractivity contribution in [2.45, 2.75) is 17.7 Å². The molecule has 2 aromatic rings. The number of amides is 2. The van der Waals surface area contributed by atoms with Crippen molar-refractivity contribution >= 4 is 28.3 Å². The number of methoxy groups -OCH3 is 2. The van der Waals surface area contributed by atoms with Crippen molar-refractivity contribution in [3.63, 3.8) is 0 Å². The first kappa shape index (κ1) is 20.9. The molecule has 0 saturated carbocycles. The molecule has 0 spiro atoms. The minimum Gasteiger partial charge on any atom is -0.493 e. The van der Waals surface area contributed by atoms with E-state index in [1.54, 1.807) is 38.5 Å². The van der Waals surface area contributed by atoms with Crippen LogP contribution in [0.2, 0.25) is 0 Å². The lowest BCUT2D eigenvalue weighted by atomic mass is 10.1. The molecule has 2 amide bonds. The van der Waals surface area contributed by atoms with Crippen LogP contribution < -0.4 is 19.7 Å². The van der Waals surface area contributed by atoms with Crippen molar-refractivity contribution in [1.29, 1.82) is 0 Å². The molecule has 29 heavy (non-hydrogen) atoms. The van der Waals surface area contributed by atoms with Crippen molar-refractivity contribution in [3.8, 4) is 11.5 Å². The number of fused-ring (bicyclic) bond motifs is 1. The first-order chi connectivity index (χ1) is 14.0. The average Bonchev–Trinajstić information content (AvgIpc) is 2.86. The highest BCUT2D eigenvalue weighted by Crippen LogP contribution is 2.28. The van der Waals surface area contributed by atoms with Crippen LogP contribution in [0.1, 0.15) is 12.0 Å². The molecule has 8 heteroatoms. The van der Waals surface area contributed by atoms with E-state index in [1.165, 1.54) is 4.90 Å². The zero-order chi connectivity index (χ0) is 20.8. The number of hydrogen-bond donors (Lipinski definition) is 1. The maximum absolute atomic E-state index is 12.5. The first-order valence-electron chi connectivity index (χ1n) is 9.29. The van der Waals surface area contributed by atoms with E-state index in [0.717, 1.165) is 5.56 Å². The quantitative estimate of drug-likeness (QED) is 0.745. The maximum atomic E-state index is 12.5. The van der Waals surface area contributed by atoms with Gasteiger partial charge in [-0.3, -0.25) is 13.8 Å². The lowest BCUT2D eigenvalue weighted by Gasteiger charge is -2.22. The number of carbonyl (C=O) groups excluding carboxylic acids is 2. The Bertz CT molecular complexity index is 931. The standard InChI is InChI=1S/C21H24N2O5S/c1-27-17-8-7-15(13-18(17)28-2)9-11-22-20(24)14-23-16-5-3-4-6-19(16)29(26)12-10-21(23)25/h3-8,13H,9-12,14H2,1-2H3,(H,22,24). The fourth-order valence-corrected chi connectivity index (χ4v) is 4.41. The van der Waals surface area contributed by atoms with Gasteiger partial charge < -0.3 is 19.7 Å². The van der Waals surface area contributed by atoms with E-state index >= 15 is 0 Å². The van der Waals surface area contributed by atoms with Crippen LogP contribution in [0.25, 0.3) is 0 Å². The number of benzene rings is 2. The molecule has 1 unspecified atom stereocenters. The molecule has 0 fully saturated rings. The van der Waals surface area contributed by atoms with Crippen LogP contribution in [-0.4, -0.2) is 49.1 Å². The summed E-state index contributed by atoms with van der Waals surface area (Å²) in [5.74, 6) is 1.10. The summed E-state index contributed by atoms with van der Waals surface area (Å²) in [6, 6.07) is 12.6. The molecule has 0 bridgehead atoms. The van der Waals surface area contributed by atoms with Crippen molar-refractivity contribution in [2.75, 3.05) is 38.0 Å². The molecule has 0 aromatic heterocycles. The number of anilines is 1. The molecule has 0 radical (unpaired) electrons. The van der Waals surface area contributed by atoms with Gasteiger partial charge in [0.2, 0.25) is 11.8 Å². The third-order valence-corrected chi connectivity index (χ3v) is 6.10. The Morgan fingerprint density at radius 1 is 1.14 bits per heavy atom. The van der Waals surface area contributed by atoms with E-state index in [2.05, 4.69) is 5.32 Å². The lowest BCUT2D eigenvalue weighted by molar-refractivity contribution is -0.123. The highest BCUT2D eigenvalue weighted by Gasteiger charge is 2.27. The summed E-state index contributed by atoms with van der Waals surface area (Å²) in [7, 11) is 1.91. The Morgan fingerprint density at radius 2 is 1.90 bits per heavy atom. The molecule has 1 aliphatic heterocycles. The molecule has 1 N–H and O–H groups in total. The summed E-state index contributed by atoms with van der Waals surface area (Å²) in [5.41, 5.74) is 1.54. The van der Waals surface area contributed by atoms with Gasteiger partial charge in [-0.1, -0.05) is 18.2 Å². The van der Waals surface area contributed by atoms with Gasteiger partial charge in [-0.15, -0.1) is 0 Å². The second kappa shape index (κ2) is 9.56. The second-order valence-corrected chi connectivity index (χ2v) is 8.08. The summed E-state index contributed by atoms with van der Waals surface area (Å²) < 4.78 is 22.8. The maximum Gasteiger partial charge on any atom is 0.240 e. The SMILES string of the molecule is COc1ccc(CCNC(=O)CN2C(=O)CCS(=O)c3ccccc32)cc1OC. The summed E-state index contributed by atoms with van der Waals surface area (Å²) in [5, 5.41) is 2.85. The van der Waals surface area contributed by atoms with E-state index in [1.807, 2.05) is 18.2 Å². The molecule has 1 heterocycles. The van der Waals surface area contributed by atoms with Gasteiger partial charge >= 0.3 is 0 Å². The fraction of sp³-hybridized carbons (Fsp3) is 0.333. The van der Waals surface area contributed by atoms with Gasteiger partial charge in [0.1, 0.15) is 6.54 Å². The molecule has 0 saturated heterocycles. The molecule has 1 atom stereocenters. The van der Waals surface area contributed by atoms with Crippen molar-refractivity contribution in [2.24, 2.45) is 0 Å². The molecular formula is C21H24N2O5S. The van der Waals surface area contributed by atoms with E-state index in [0.29, 0.717) is 35.0 Å². The van der Waals surface area contributed by atoms with Gasteiger partial charge in [-0.25, -0.2) is 0 Å². The van der Waals surface area contributed by atoms with Gasteiger partial charge in [0, 0.05) is 18.7 Å². The number of nitrogens with one attached hydrogen (secondary N) is 1. The number of para-hydroxylation sites is 1. The zero-order valence-corrected chi connectivity index (χ0v) is 17.3. The van der Waals surface area contributed by atoms with Crippen LogP contribution in [0.15, 0.2) is 47.4 Å². The first-order valence-corrected chi connectivity index (χ1v) is 10.6. The van der Waals surface area contributed by atoms with Crippen LogP contribution in [0.4, 0.5) is 5.69 Å². The molecule has 154 valence electrons. The van der Waals surface area contributed by atoms with Gasteiger partial charge in [0.05, 0.1) is 35.6 Å². The monoisotopic (exact) mass is 416 g/mol. The molecule has 0 aliphatic carbocycles. The normalized spacial score (nSPS) is 16.0. The Labute approximate surface area is 172 Å². The van der Waals surface area contributed by atoms with Gasteiger partial charge in [-0.05, 0) is 36.2 Å². The van der Waals surface area contributed by atoms with Gasteiger partial charge in [0.25, 0.3) is 0 Å². The Balaban J connectivity index is 1.61. The number of nitrogens with zero attached hydrogens (tertiary/aromatic N) is 1. The number of ether oxygens (including phenoxy) is 2. The topological polar surface area (TPSA) is 84.9 Å². The molecule has 2 aromatic carbocycles. The summed E-state index contributed by atoms with van der Waals surface area (Å²) in [6.07, 6.45) is 0.765. The van der Waals surface area contributed by atoms with Gasteiger partial charge in [0.15, 0.2) is 11.5 Å². The number of rotatable bonds is 7. The van der Waals surface area contributed by atoms with Crippen LogP contribution >= 0.6 is 0 Å². The largest absolute Gasteiger partial charge is 0.493 e. The van der Waals surface area contributed by atoms with Crippen molar-refractivity contribution in [3.05, 3.63) is 48.0 Å². The predicted octanol–water partition coefficient (Wildman–Crippen LogP) is 1.91. The summed E-state index contributed by atoms with van der Waals surface area (Å²) in [4.78, 5) is 26.9. The molecular weight excluding hydrogens is 392 g/mol. The van der Waals surface area contributed by atoms with E-state index in [4.69, 9.17) is 9.47 Å². The minimum atomic E-state index is -1.24. The highest BCUT2D eigenvalue weighted by molar-refractivity contribution is 7.85.